The molecule has 7 nitrogen and oxygen atoms in total. The fourth-order valence-corrected chi connectivity index (χ4v) is 5.29. The minimum Gasteiger partial charge on any atom is -0.341 e. The molecule has 1 aliphatic rings. The molecule has 0 radical (unpaired) electrons. The van der Waals surface area contributed by atoms with Crippen LogP contribution in [0.15, 0.2) is 61.3 Å². The maximum absolute atomic E-state index is 14.9. The molecule has 3 atom stereocenters. The van der Waals surface area contributed by atoms with Gasteiger partial charge in [-0.1, -0.05) is 6.92 Å². The van der Waals surface area contributed by atoms with E-state index in [1.54, 1.807) is 30.4 Å². The molecule has 3 heterocycles. The Bertz CT molecular complexity index is 1450. The minimum atomic E-state index is -0.531. The largest absolute Gasteiger partial charge is 0.341 e. The predicted molar refractivity (Wildman–Crippen MR) is 140 cm³/mol. The fraction of sp³-hybridized carbons (Fsp3) is 0.286. The monoisotopic (exact) mass is 502 g/mol. The number of anilines is 3. The number of fused-ring (bicyclic) bond motifs is 1. The van der Waals surface area contributed by atoms with E-state index in [-0.39, 0.29) is 34.1 Å². The second-order valence-electron chi connectivity index (χ2n) is 9.76. The summed E-state index contributed by atoms with van der Waals surface area (Å²) in [5.74, 6) is -0.757. The summed E-state index contributed by atoms with van der Waals surface area (Å²) in [5, 5.41) is 3.12. The zero-order valence-corrected chi connectivity index (χ0v) is 20.7. The molecule has 0 bridgehead atoms. The summed E-state index contributed by atoms with van der Waals surface area (Å²) in [6.45, 7) is 2.19. The molecule has 1 amide bonds. The highest BCUT2D eigenvalue weighted by molar-refractivity contribution is 6.12. The van der Waals surface area contributed by atoms with Gasteiger partial charge >= 0.3 is 0 Å². The summed E-state index contributed by atoms with van der Waals surface area (Å²) in [4.78, 5) is 27.3. The number of aromatic nitrogens is 3. The van der Waals surface area contributed by atoms with Gasteiger partial charge in [0.1, 0.15) is 5.82 Å². The van der Waals surface area contributed by atoms with Gasteiger partial charge in [0.05, 0.1) is 46.7 Å². The number of carbonyl (C=O) groups is 1. The minimum absolute atomic E-state index is 0.115. The Balaban J connectivity index is 1.46. The maximum Gasteiger partial charge on any atom is 0.257 e. The molecule has 190 valence electrons. The van der Waals surface area contributed by atoms with Crippen molar-refractivity contribution in [1.29, 1.82) is 0 Å². The van der Waals surface area contributed by atoms with Crippen molar-refractivity contribution in [2.75, 3.05) is 17.3 Å². The third-order valence-electron chi connectivity index (χ3n) is 7.05. The number of amides is 1. The molecule has 1 aliphatic carbocycles. The lowest BCUT2D eigenvalue weighted by Gasteiger charge is -2.32. The smallest absolute Gasteiger partial charge is 0.257 e. The van der Waals surface area contributed by atoms with Crippen LogP contribution >= 0.6 is 0 Å². The van der Waals surface area contributed by atoms with Crippen molar-refractivity contribution in [2.45, 2.75) is 38.1 Å². The van der Waals surface area contributed by atoms with Gasteiger partial charge in [0, 0.05) is 30.9 Å². The lowest BCUT2D eigenvalue weighted by atomic mass is 9.76. The summed E-state index contributed by atoms with van der Waals surface area (Å²) < 4.78 is 29.1. The molecule has 37 heavy (non-hydrogen) atoms. The van der Waals surface area contributed by atoms with Crippen LogP contribution in [0.3, 0.4) is 0 Å². The Morgan fingerprint density at radius 2 is 1.81 bits per heavy atom. The van der Waals surface area contributed by atoms with Crippen LogP contribution in [-0.4, -0.2) is 33.9 Å². The average Bonchev–Trinajstić information content (AvgIpc) is 2.88. The quantitative estimate of drug-likeness (QED) is 0.371. The number of nitrogens with zero attached hydrogens (tertiary/aromatic N) is 4. The van der Waals surface area contributed by atoms with Crippen molar-refractivity contribution < 1.29 is 13.6 Å². The number of nitrogens with two attached hydrogens (primary N) is 1. The van der Waals surface area contributed by atoms with Gasteiger partial charge < -0.3 is 16.0 Å². The van der Waals surface area contributed by atoms with Crippen molar-refractivity contribution in [1.82, 2.24) is 15.0 Å². The molecule has 1 fully saturated rings. The van der Waals surface area contributed by atoms with E-state index in [0.29, 0.717) is 17.3 Å². The van der Waals surface area contributed by atoms with Crippen LogP contribution in [0, 0.1) is 17.6 Å². The summed E-state index contributed by atoms with van der Waals surface area (Å²) in [6, 6.07) is 7.76. The predicted octanol–water partition coefficient (Wildman–Crippen LogP) is 5.55. The molecule has 0 spiro atoms. The Hall–Kier alpha value is -3.98. The highest BCUT2D eigenvalue weighted by atomic mass is 19.1. The molecule has 3 N–H and O–H groups in total. The lowest BCUT2D eigenvalue weighted by molar-refractivity contribution is 0.102. The zero-order chi connectivity index (χ0) is 26.1. The number of hydrogen-bond acceptors (Lipinski definition) is 6. The third kappa shape index (κ3) is 4.99. The van der Waals surface area contributed by atoms with Gasteiger partial charge in [-0.05, 0) is 67.0 Å². The Labute approximate surface area is 213 Å². The van der Waals surface area contributed by atoms with Gasteiger partial charge in [-0.15, -0.1) is 0 Å². The van der Waals surface area contributed by atoms with Crippen LogP contribution in [0.25, 0.3) is 10.9 Å². The first-order valence-corrected chi connectivity index (χ1v) is 12.2. The average molecular weight is 503 g/mol. The van der Waals surface area contributed by atoms with Gasteiger partial charge in [0.2, 0.25) is 0 Å². The number of benzene rings is 1. The van der Waals surface area contributed by atoms with E-state index in [1.165, 1.54) is 30.6 Å². The zero-order valence-electron chi connectivity index (χ0n) is 20.7. The number of carbonyl (C=O) groups excluding carboxylic acids is 1. The highest BCUT2D eigenvalue weighted by Crippen LogP contribution is 2.38. The number of hydrogen-bond donors (Lipinski definition) is 2. The number of nitrogens with one attached hydrogen (secondary N) is 1. The van der Waals surface area contributed by atoms with Gasteiger partial charge in [0.15, 0.2) is 5.82 Å². The van der Waals surface area contributed by atoms with Crippen LogP contribution in [0.5, 0.6) is 0 Å². The first kappa shape index (κ1) is 24.7. The van der Waals surface area contributed by atoms with Crippen molar-refractivity contribution in [3.05, 3.63) is 84.1 Å². The first-order chi connectivity index (χ1) is 17.8. The van der Waals surface area contributed by atoms with Crippen LogP contribution in [0.4, 0.5) is 25.8 Å². The number of pyridine rings is 3. The number of halogens is 2. The molecule has 3 aromatic heterocycles. The first-order valence-electron chi connectivity index (χ1n) is 12.2. The second kappa shape index (κ2) is 10.2. The van der Waals surface area contributed by atoms with Crippen LogP contribution in [-0.2, 0) is 0 Å². The van der Waals surface area contributed by atoms with E-state index in [9.17, 15) is 13.6 Å². The van der Waals surface area contributed by atoms with E-state index in [1.807, 2.05) is 6.07 Å². The number of rotatable bonds is 5. The van der Waals surface area contributed by atoms with E-state index in [2.05, 4.69) is 27.2 Å². The molecule has 4 aromatic rings. The van der Waals surface area contributed by atoms with Crippen molar-refractivity contribution >= 4 is 33.9 Å². The molecule has 3 unspecified atom stereocenters. The fourth-order valence-electron chi connectivity index (χ4n) is 5.29. The molecule has 0 saturated heterocycles. The molecular weight excluding hydrogens is 474 g/mol. The van der Waals surface area contributed by atoms with E-state index >= 15 is 0 Å². The molecule has 5 rings (SSSR count). The normalized spacial score (nSPS) is 19.5. The second-order valence-corrected chi connectivity index (χ2v) is 9.76. The molecule has 1 saturated carbocycles. The Morgan fingerprint density at radius 3 is 2.59 bits per heavy atom. The Kier molecular flexibility index (Phi) is 6.80. The van der Waals surface area contributed by atoms with Crippen LogP contribution < -0.4 is 16.0 Å². The van der Waals surface area contributed by atoms with E-state index in [0.717, 1.165) is 31.0 Å². The molecule has 1 aromatic carbocycles. The van der Waals surface area contributed by atoms with Gasteiger partial charge in [0.25, 0.3) is 5.91 Å². The molecule has 9 heteroatoms. The van der Waals surface area contributed by atoms with Crippen LogP contribution in [0.1, 0.15) is 48.0 Å². The summed E-state index contributed by atoms with van der Waals surface area (Å²) in [5.41, 5.74) is 9.05. The van der Waals surface area contributed by atoms with Gasteiger partial charge in [-0.2, -0.15) is 0 Å². The topological polar surface area (TPSA) is 97.0 Å². The summed E-state index contributed by atoms with van der Waals surface area (Å²) >= 11 is 0. The van der Waals surface area contributed by atoms with Gasteiger partial charge in [-0.25, -0.2) is 8.78 Å². The SMILES string of the molecule is CC1CC(N)CC(c2ccncc2NC(=O)c2ccc(F)c3cc(N(C)c4ccncc4F)cnc23)C1. The lowest BCUT2D eigenvalue weighted by Crippen LogP contribution is -2.31. The van der Waals surface area contributed by atoms with Crippen LogP contribution in [0.2, 0.25) is 0 Å². The van der Waals surface area contributed by atoms with Crippen molar-refractivity contribution in [2.24, 2.45) is 11.7 Å². The van der Waals surface area contributed by atoms with Gasteiger partial charge in [-0.3, -0.25) is 19.7 Å². The molecular formula is C28H28F2N6O. The summed E-state index contributed by atoms with van der Waals surface area (Å²) in [7, 11) is 1.65. The van der Waals surface area contributed by atoms with Crippen molar-refractivity contribution in [3.8, 4) is 0 Å². The van der Waals surface area contributed by atoms with Crippen molar-refractivity contribution in [3.63, 3.8) is 0 Å². The standard InChI is InChI=1S/C28H28F2N6O/c1-16-9-17(11-18(31)10-16)20-5-7-33-15-25(20)35-28(37)21-3-4-23(29)22-12-19(13-34-27(21)22)36(2)26-6-8-32-14-24(26)30/h3-8,12-18H,9-11,31H2,1-2H3,(H,35,37). The maximum atomic E-state index is 14.9. The van der Waals surface area contributed by atoms with E-state index in [4.69, 9.17) is 5.73 Å². The molecule has 0 aliphatic heterocycles. The highest BCUT2D eigenvalue weighted by Gasteiger charge is 2.28. The Morgan fingerprint density at radius 1 is 1.03 bits per heavy atom. The summed E-state index contributed by atoms with van der Waals surface area (Å²) in [6.07, 6.45) is 10.2. The van der Waals surface area contributed by atoms with E-state index < -0.39 is 17.5 Å². The third-order valence-corrected chi connectivity index (χ3v) is 7.05.